The molecule has 0 bridgehead atoms. The Morgan fingerprint density at radius 1 is 0.711 bits per heavy atom. The van der Waals surface area contributed by atoms with Gasteiger partial charge in [-0.25, -0.2) is 0 Å². The van der Waals surface area contributed by atoms with E-state index >= 15 is 0 Å². The van der Waals surface area contributed by atoms with E-state index in [1.54, 1.807) is 55.5 Å². The molecule has 7 nitrogen and oxygen atoms in total. The summed E-state index contributed by atoms with van der Waals surface area (Å²) in [4.78, 5) is 28.2. The third-order valence-electron chi connectivity index (χ3n) is 7.07. The van der Waals surface area contributed by atoms with Crippen molar-refractivity contribution >= 4 is 29.1 Å². The van der Waals surface area contributed by atoms with Crippen LogP contribution in [0, 0.1) is 0 Å². The van der Waals surface area contributed by atoms with Gasteiger partial charge in [-0.1, -0.05) is 84.4 Å². The molecule has 0 aliphatic heterocycles. The smallest absolute Gasteiger partial charge is 0.259 e. The van der Waals surface area contributed by atoms with E-state index in [1.807, 2.05) is 84.9 Å². The van der Waals surface area contributed by atoms with Gasteiger partial charge in [-0.05, 0) is 59.2 Å². The topological polar surface area (TPSA) is 77.1 Å². The summed E-state index contributed by atoms with van der Waals surface area (Å²) < 4.78 is 17.3. The standard InChI is InChI=1S/C37H33ClN2O5/c1-40(23-26-13-19-31(43-2)20-14-26)37(42)29-15-17-30(18-16-29)39-36(41)32-21-33(38)35(45-25-28-11-7-4-8-12-28)22-34(32)44-24-27-9-5-3-6-10-27/h3-22H,23-25H2,1-2H3,(H,39,41). The van der Waals surface area contributed by atoms with Crippen LogP contribution in [-0.2, 0) is 19.8 Å². The second-order valence-electron chi connectivity index (χ2n) is 10.4. The molecule has 45 heavy (non-hydrogen) atoms. The van der Waals surface area contributed by atoms with Crippen molar-refractivity contribution in [2.45, 2.75) is 19.8 Å². The van der Waals surface area contributed by atoms with Gasteiger partial charge in [0.1, 0.15) is 30.5 Å². The van der Waals surface area contributed by atoms with Crippen LogP contribution in [0.15, 0.2) is 121 Å². The molecule has 0 aliphatic rings. The van der Waals surface area contributed by atoms with Crippen LogP contribution >= 0.6 is 11.6 Å². The minimum absolute atomic E-state index is 0.141. The third-order valence-corrected chi connectivity index (χ3v) is 7.36. The average molecular weight is 621 g/mol. The van der Waals surface area contributed by atoms with Gasteiger partial charge in [0.25, 0.3) is 11.8 Å². The number of nitrogens with zero attached hydrogens (tertiary/aromatic N) is 1. The highest BCUT2D eigenvalue weighted by Gasteiger charge is 2.19. The lowest BCUT2D eigenvalue weighted by molar-refractivity contribution is 0.0785. The van der Waals surface area contributed by atoms with Gasteiger partial charge in [0.15, 0.2) is 0 Å². The van der Waals surface area contributed by atoms with Crippen LogP contribution < -0.4 is 19.5 Å². The van der Waals surface area contributed by atoms with Gasteiger partial charge in [0.05, 0.1) is 17.7 Å². The lowest BCUT2D eigenvalue weighted by Crippen LogP contribution is -2.26. The number of benzene rings is 5. The molecular weight excluding hydrogens is 588 g/mol. The highest BCUT2D eigenvalue weighted by molar-refractivity contribution is 6.32. The minimum Gasteiger partial charge on any atom is -0.497 e. The highest BCUT2D eigenvalue weighted by Crippen LogP contribution is 2.34. The van der Waals surface area contributed by atoms with Crippen molar-refractivity contribution in [3.8, 4) is 17.2 Å². The summed E-state index contributed by atoms with van der Waals surface area (Å²) in [6.45, 7) is 1.01. The molecule has 228 valence electrons. The van der Waals surface area contributed by atoms with Crippen molar-refractivity contribution in [1.82, 2.24) is 4.90 Å². The summed E-state index contributed by atoms with van der Waals surface area (Å²) >= 11 is 6.58. The Labute approximate surface area is 267 Å². The summed E-state index contributed by atoms with van der Waals surface area (Å²) in [5.41, 5.74) is 4.18. The summed E-state index contributed by atoms with van der Waals surface area (Å²) in [6, 6.07) is 36.9. The number of rotatable bonds is 12. The molecule has 0 aromatic heterocycles. The Morgan fingerprint density at radius 3 is 1.87 bits per heavy atom. The second kappa shape index (κ2) is 14.9. The number of ether oxygens (including phenoxy) is 3. The van der Waals surface area contributed by atoms with Crippen LogP contribution in [0.5, 0.6) is 17.2 Å². The number of anilines is 1. The molecule has 0 atom stereocenters. The Balaban J connectivity index is 1.29. The van der Waals surface area contributed by atoms with Gasteiger partial charge < -0.3 is 24.4 Å². The largest absolute Gasteiger partial charge is 0.497 e. The average Bonchev–Trinajstić information content (AvgIpc) is 3.08. The number of hydrogen-bond acceptors (Lipinski definition) is 5. The summed E-state index contributed by atoms with van der Waals surface area (Å²) in [6.07, 6.45) is 0. The lowest BCUT2D eigenvalue weighted by Gasteiger charge is -2.18. The normalized spacial score (nSPS) is 10.6. The first-order chi connectivity index (χ1) is 21.9. The number of hydrogen-bond donors (Lipinski definition) is 1. The number of methoxy groups -OCH3 is 1. The number of amides is 2. The van der Waals surface area contributed by atoms with Crippen LogP contribution in [0.4, 0.5) is 5.69 Å². The molecule has 0 saturated heterocycles. The summed E-state index contributed by atoms with van der Waals surface area (Å²) in [5.74, 6) is 0.941. The molecule has 5 rings (SSSR count). The van der Waals surface area contributed by atoms with Gasteiger partial charge in [0.2, 0.25) is 0 Å². The molecular formula is C37H33ClN2O5. The maximum Gasteiger partial charge on any atom is 0.259 e. The lowest BCUT2D eigenvalue weighted by atomic mass is 10.1. The zero-order valence-corrected chi connectivity index (χ0v) is 25.8. The molecule has 0 spiro atoms. The van der Waals surface area contributed by atoms with Gasteiger partial charge in [0, 0.05) is 30.9 Å². The number of nitrogens with one attached hydrogen (secondary N) is 1. The number of carbonyl (C=O) groups excluding carboxylic acids is 2. The minimum atomic E-state index is -0.412. The van der Waals surface area contributed by atoms with Crippen LogP contribution in [0.1, 0.15) is 37.4 Å². The van der Waals surface area contributed by atoms with Crippen molar-refractivity contribution in [3.05, 3.63) is 154 Å². The quantitative estimate of drug-likeness (QED) is 0.153. The van der Waals surface area contributed by atoms with Gasteiger partial charge in [-0.15, -0.1) is 0 Å². The molecule has 0 radical (unpaired) electrons. The van der Waals surface area contributed by atoms with Crippen molar-refractivity contribution < 1.29 is 23.8 Å². The van der Waals surface area contributed by atoms with Crippen LogP contribution in [-0.4, -0.2) is 30.9 Å². The Morgan fingerprint density at radius 2 is 1.29 bits per heavy atom. The van der Waals surface area contributed by atoms with E-state index in [2.05, 4.69) is 5.32 Å². The fourth-order valence-corrected chi connectivity index (χ4v) is 4.82. The van der Waals surface area contributed by atoms with Gasteiger partial charge in [-0.2, -0.15) is 0 Å². The molecule has 1 N–H and O–H groups in total. The zero-order valence-electron chi connectivity index (χ0n) is 25.0. The first-order valence-electron chi connectivity index (χ1n) is 14.4. The fourth-order valence-electron chi connectivity index (χ4n) is 4.60. The molecule has 2 amide bonds. The van der Waals surface area contributed by atoms with E-state index < -0.39 is 5.91 Å². The van der Waals surface area contributed by atoms with Crippen molar-refractivity contribution in [2.75, 3.05) is 19.5 Å². The third kappa shape index (κ3) is 8.43. The molecule has 8 heteroatoms. The molecule has 0 aliphatic carbocycles. The molecule has 0 saturated carbocycles. The second-order valence-corrected chi connectivity index (χ2v) is 10.8. The Bertz CT molecular complexity index is 1730. The number of carbonyl (C=O) groups is 2. The van der Waals surface area contributed by atoms with Crippen LogP contribution in [0.3, 0.4) is 0 Å². The maximum absolute atomic E-state index is 13.5. The van der Waals surface area contributed by atoms with Crippen molar-refractivity contribution in [2.24, 2.45) is 0 Å². The van der Waals surface area contributed by atoms with Gasteiger partial charge >= 0.3 is 0 Å². The molecule has 5 aromatic carbocycles. The summed E-state index contributed by atoms with van der Waals surface area (Å²) in [5, 5.41) is 3.17. The molecule has 0 fully saturated rings. The predicted molar refractivity (Wildman–Crippen MR) is 176 cm³/mol. The first-order valence-corrected chi connectivity index (χ1v) is 14.7. The van der Waals surface area contributed by atoms with Crippen molar-refractivity contribution in [1.29, 1.82) is 0 Å². The van der Waals surface area contributed by atoms with E-state index in [9.17, 15) is 9.59 Å². The SMILES string of the molecule is COc1ccc(CN(C)C(=O)c2ccc(NC(=O)c3cc(Cl)c(OCc4ccccc4)cc3OCc3ccccc3)cc2)cc1. The Hall–Kier alpha value is -5.27. The molecule has 0 heterocycles. The molecule has 5 aromatic rings. The maximum atomic E-state index is 13.5. The monoisotopic (exact) mass is 620 g/mol. The Kier molecular flexibility index (Phi) is 10.4. The van der Waals surface area contributed by atoms with E-state index in [0.29, 0.717) is 35.9 Å². The number of halogens is 1. The van der Waals surface area contributed by atoms with E-state index in [0.717, 1.165) is 22.4 Å². The first kappa shape index (κ1) is 31.2. The van der Waals surface area contributed by atoms with E-state index in [4.69, 9.17) is 25.8 Å². The predicted octanol–water partition coefficient (Wildman–Crippen LogP) is 8.03. The van der Waals surface area contributed by atoms with Gasteiger partial charge in [-0.3, -0.25) is 9.59 Å². The van der Waals surface area contributed by atoms with Crippen LogP contribution in [0.25, 0.3) is 0 Å². The molecule has 0 unspecified atom stereocenters. The fraction of sp³-hybridized carbons (Fsp3) is 0.135. The summed E-state index contributed by atoms with van der Waals surface area (Å²) in [7, 11) is 3.36. The highest BCUT2D eigenvalue weighted by atomic mass is 35.5. The van der Waals surface area contributed by atoms with E-state index in [-0.39, 0.29) is 23.1 Å². The zero-order chi connectivity index (χ0) is 31.6. The van der Waals surface area contributed by atoms with Crippen LogP contribution in [0.2, 0.25) is 5.02 Å². The van der Waals surface area contributed by atoms with Crippen molar-refractivity contribution in [3.63, 3.8) is 0 Å². The van der Waals surface area contributed by atoms with E-state index in [1.165, 1.54) is 0 Å².